The summed E-state index contributed by atoms with van der Waals surface area (Å²) in [6, 6.07) is 5.03. The molecule has 0 amide bonds. The average molecular weight is 260 g/mol. The van der Waals surface area contributed by atoms with E-state index in [0.29, 0.717) is 25.1 Å². The summed E-state index contributed by atoms with van der Waals surface area (Å²) in [4.78, 5) is 0. The van der Waals surface area contributed by atoms with Crippen LogP contribution in [0.15, 0.2) is 18.2 Å². The number of nitrogens with two attached hydrogens (primary N) is 1. The second-order valence-electron chi connectivity index (χ2n) is 3.98. The van der Waals surface area contributed by atoms with Crippen LogP contribution in [-0.2, 0) is 16.6 Å². The van der Waals surface area contributed by atoms with Gasteiger partial charge in [0.05, 0.1) is 5.75 Å². The highest BCUT2D eigenvalue weighted by molar-refractivity contribution is 7.89. The van der Waals surface area contributed by atoms with E-state index in [1.54, 1.807) is 13.0 Å². The van der Waals surface area contributed by atoms with E-state index in [1.165, 1.54) is 6.07 Å². The Bertz CT molecular complexity index is 474. The first-order valence-electron chi connectivity index (χ1n) is 5.35. The van der Waals surface area contributed by atoms with Gasteiger partial charge in [-0.15, -0.1) is 0 Å². The highest BCUT2D eigenvalue weighted by Crippen LogP contribution is 2.08. The maximum atomic E-state index is 13.2. The number of hydrogen-bond donors (Lipinski definition) is 2. The van der Waals surface area contributed by atoms with Gasteiger partial charge in [0.25, 0.3) is 0 Å². The Hall–Kier alpha value is -0.980. The fourth-order valence-electron chi connectivity index (χ4n) is 1.38. The Morgan fingerprint density at radius 1 is 1.41 bits per heavy atom. The zero-order valence-electron chi connectivity index (χ0n) is 9.74. The Kier molecular flexibility index (Phi) is 5.04. The topological polar surface area (TPSA) is 72.2 Å². The van der Waals surface area contributed by atoms with E-state index >= 15 is 0 Å². The van der Waals surface area contributed by atoms with Crippen LogP contribution >= 0.6 is 0 Å². The summed E-state index contributed by atoms with van der Waals surface area (Å²) in [5.41, 5.74) is 1.45. The van der Waals surface area contributed by atoms with Gasteiger partial charge < -0.3 is 5.32 Å². The SMILES string of the molecule is Cc1ccc(CNCCCS(N)(=O)=O)cc1F. The summed E-state index contributed by atoms with van der Waals surface area (Å²) in [6.45, 7) is 2.76. The van der Waals surface area contributed by atoms with Crippen molar-refractivity contribution in [1.29, 1.82) is 0 Å². The Morgan fingerprint density at radius 2 is 2.12 bits per heavy atom. The summed E-state index contributed by atoms with van der Waals surface area (Å²) in [7, 11) is -3.38. The minimum Gasteiger partial charge on any atom is -0.313 e. The van der Waals surface area contributed by atoms with Crippen LogP contribution in [0.2, 0.25) is 0 Å². The summed E-state index contributed by atoms with van der Waals surface area (Å²) >= 11 is 0. The molecule has 0 bridgehead atoms. The number of rotatable bonds is 6. The van der Waals surface area contributed by atoms with Crippen molar-refractivity contribution in [3.8, 4) is 0 Å². The third-order valence-corrected chi connectivity index (χ3v) is 3.21. The zero-order chi connectivity index (χ0) is 12.9. The van der Waals surface area contributed by atoms with Crippen molar-refractivity contribution < 1.29 is 12.8 Å². The van der Waals surface area contributed by atoms with Gasteiger partial charge in [0.1, 0.15) is 5.82 Å². The Labute approximate surface area is 101 Å². The van der Waals surface area contributed by atoms with Gasteiger partial charge in [0.2, 0.25) is 10.0 Å². The largest absolute Gasteiger partial charge is 0.313 e. The molecule has 0 aliphatic rings. The summed E-state index contributed by atoms with van der Waals surface area (Å²) < 4.78 is 34.5. The molecule has 17 heavy (non-hydrogen) atoms. The Balaban J connectivity index is 2.29. The normalized spacial score (nSPS) is 11.7. The van der Waals surface area contributed by atoms with E-state index in [4.69, 9.17) is 5.14 Å². The Morgan fingerprint density at radius 3 is 2.71 bits per heavy atom. The molecule has 0 aromatic heterocycles. The van der Waals surface area contributed by atoms with E-state index in [9.17, 15) is 12.8 Å². The predicted octanol–water partition coefficient (Wildman–Crippen LogP) is 0.902. The molecule has 1 aromatic carbocycles. The number of hydrogen-bond acceptors (Lipinski definition) is 3. The molecule has 4 nitrogen and oxygen atoms in total. The third kappa shape index (κ3) is 5.76. The molecular formula is C11H17FN2O2S. The van der Waals surface area contributed by atoms with E-state index in [-0.39, 0.29) is 11.6 Å². The van der Waals surface area contributed by atoms with E-state index in [1.807, 2.05) is 6.07 Å². The van der Waals surface area contributed by atoms with Gasteiger partial charge in [-0.3, -0.25) is 0 Å². The number of aryl methyl sites for hydroxylation is 1. The van der Waals surface area contributed by atoms with Crippen molar-refractivity contribution in [2.75, 3.05) is 12.3 Å². The molecule has 0 heterocycles. The van der Waals surface area contributed by atoms with Gasteiger partial charge >= 0.3 is 0 Å². The smallest absolute Gasteiger partial charge is 0.209 e. The van der Waals surface area contributed by atoms with Gasteiger partial charge in [-0.1, -0.05) is 12.1 Å². The lowest BCUT2D eigenvalue weighted by Crippen LogP contribution is -2.22. The molecule has 0 aliphatic heterocycles. The molecule has 3 N–H and O–H groups in total. The van der Waals surface area contributed by atoms with Gasteiger partial charge in [0, 0.05) is 6.54 Å². The average Bonchev–Trinajstić information content (AvgIpc) is 2.21. The first kappa shape index (κ1) is 14.1. The van der Waals surface area contributed by atoms with Gasteiger partial charge in [-0.25, -0.2) is 17.9 Å². The first-order valence-corrected chi connectivity index (χ1v) is 7.06. The van der Waals surface area contributed by atoms with Gasteiger partial charge in [0.15, 0.2) is 0 Å². The maximum Gasteiger partial charge on any atom is 0.209 e. The molecule has 0 radical (unpaired) electrons. The minimum absolute atomic E-state index is 0.0394. The van der Waals surface area contributed by atoms with Crippen LogP contribution < -0.4 is 10.5 Å². The molecule has 0 aliphatic carbocycles. The molecule has 0 fully saturated rings. The van der Waals surface area contributed by atoms with E-state index < -0.39 is 10.0 Å². The van der Waals surface area contributed by atoms with Crippen LogP contribution in [0.5, 0.6) is 0 Å². The number of halogens is 1. The lowest BCUT2D eigenvalue weighted by atomic mass is 10.1. The van der Waals surface area contributed by atoms with Gasteiger partial charge in [-0.2, -0.15) is 0 Å². The molecular weight excluding hydrogens is 243 g/mol. The summed E-state index contributed by atoms with van der Waals surface area (Å²) in [6.07, 6.45) is 0.452. The van der Waals surface area contributed by atoms with Crippen molar-refractivity contribution in [2.24, 2.45) is 5.14 Å². The van der Waals surface area contributed by atoms with Crippen LogP contribution in [0.3, 0.4) is 0 Å². The van der Waals surface area contributed by atoms with E-state index in [2.05, 4.69) is 5.32 Å². The monoisotopic (exact) mass is 260 g/mol. The number of benzene rings is 1. The molecule has 1 rings (SSSR count). The number of nitrogens with one attached hydrogen (secondary N) is 1. The zero-order valence-corrected chi connectivity index (χ0v) is 10.6. The van der Waals surface area contributed by atoms with Gasteiger partial charge in [-0.05, 0) is 37.1 Å². The molecule has 1 aromatic rings. The molecule has 0 atom stereocenters. The van der Waals surface area contributed by atoms with Crippen LogP contribution in [-0.4, -0.2) is 20.7 Å². The van der Waals surface area contributed by atoms with Crippen molar-refractivity contribution in [3.05, 3.63) is 35.1 Å². The minimum atomic E-state index is -3.38. The molecule has 0 saturated carbocycles. The molecule has 0 spiro atoms. The quantitative estimate of drug-likeness (QED) is 0.747. The lowest BCUT2D eigenvalue weighted by Gasteiger charge is -2.05. The molecule has 0 unspecified atom stereocenters. The highest BCUT2D eigenvalue weighted by atomic mass is 32.2. The van der Waals surface area contributed by atoms with Crippen LogP contribution in [0, 0.1) is 12.7 Å². The summed E-state index contributed by atoms with van der Waals surface area (Å²) in [5.74, 6) is -0.267. The van der Waals surface area contributed by atoms with Crippen molar-refractivity contribution in [3.63, 3.8) is 0 Å². The fourth-order valence-corrected chi connectivity index (χ4v) is 1.92. The molecule has 0 saturated heterocycles. The summed E-state index contributed by atoms with van der Waals surface area (Å²) in [5, 5.41) is 7.89. The highest BCUT2D eigenvalue weighted by Gasteiger charge is 2.02. The predicted molar refractivity (Wildman–Crippen MR) is 65.4 cm³/mol. The number of sulfonamides is 1. The second-order valence-corrected chi connectivity index (χ2v) is 5.71. The second kappa shape index (κ2) is 6.09. The molecule has 6 heteroatoms. The van der Waals surface area contributed by atoms with Crippen LogP contribution in [0.25, 0.3) is 0 Å². The fraction of sp³-hybridized carbons (Fsp3) is 0.455. The maximum absolute atomic E-state index is 13.2. The standard InChI is InChI=1S/C11H17FN2O2S/c1-9-3-4-10(7-11(9)12)8-14-5-2-6-17(13,15)16/h3-4,7,14H,2,5-6,8H2,1H3,(H2,13,15,16). The van der Waals surface area contributed by atoms with Crippen molar-refractivity contribution in [1.82, 2.24) is 5.32 Å². The lowest BCUT2D eigenvalue weighted by molar-refractivity contribution is 0.589. The van der Waals surface area contributed by atoms with Crippen molar-refractivity contribution >= 4 is 10.0 Å². The van der Waals surface area contributed by atoms with Crippen LogP contribution in [0.1, 0.15) is 17.5 Å². The van der Waals surface area contributed by atoms with E-state index in [0.717, 1.165) is 5.56 Å². The first-order chi connectivity index (χ1) is 7.88. The van der Waals surface area contributed by atoms with Crippen LogP contribution in [0.4, 0.5) is 4.39 Å². The number of primary sulfonamides is 1. The third-order valence-electron chi connectivity index (χ3n) is 2.35. The molecule has 96 valence electrons. The van der Waals surface area contributed by atoms with Crippen molar-refractivity contribution in [2.45, 2.75) is 19.9 Å².